The maximum absolute atomic E-state index is 11.2. The SMILES string of the molecule is C[C@@H](O)C(=O)c1cccc(Cl)c1. The molecule has 3 heteroatoms. The Morgan fingerprint density at radius 2 is 2.25 bits per heavy atom. The number of carbonyl (C=O) groups excluding carboxylic acids is 1. The molecule has 0 heterocycles. The number of Topliss-reactive ketones (excluding diaryl/α,β-unsaturated/α-hetero) is 1. The summed E-state index contributed by atoms with van der Waals surface area (Å²) in [5.74, 6) is -0.308. The Morgan fingerprint density at radius 3 is 2.75 bits per heavy atom. The van der Waals surface area contributed by atoms with Crippen LogP contribution in [0.15, 0.2) is 24.3 Å². The number of carbonyl (C=O) groups is 1. The lowest BCUT2D eigenvalue weighted by Gasteiger charge is -2.02. The highest BCUT2D eigenvalue weighted by Crippen LogP contribution is 2.12. The number of ketones is 1. The van der Waals surface area contributed by atoms with Gasteiger partial charge in [-0.2, -0.15) is 0 Å². The maximum Gasteiger partial charge on any atom is 0.191 e. The van der Waals surface area contributed by atoms with Crippen LogP contribution in [0.2, 0.25) is 5.02 Å². The molecule has 0 aliphatic rings. The largest absolute Gasteiger partial charge is 0.385 e. The fraction of sp³-hybridized carbons (Fsp3) is 0.222. The van der Waals surface area contributed by atoms with Crippen LogP contribution in [-0.2, 0) is 0 Å². The summed E-state index contributed by atoms with van der Waals surface area (Å²) in [7, 11) is 0. The summed E-state index contributed by atoms with van der Waals surface area (Å²) >= 11 is 5.66. The Balaban J connectivity index is 2.96. The van der Waals surface area contributed by atoms with E-state index >= 15 is 0 Å². The summed E-state index contributed by atoms with van der Waals surface area (Å²) in [5, 5.41) is 9.47. The molecule has 1 aromatic rings. The fourth-order valence-electron chi connectivity index (χ4n) is 0.883. The fourth-order valence-corrected chi connectivity index (χ4v) is 1.07. The molecule has 0 saturated carbocycles. The van der Waals surface area contributed by atoms with Gasteiger partial charge in [-0.25, -0.2) is 0 Å². The summed E-state index contributed by atoms with van der Waals surface area (Å²) in [4.78, 5) is 11.2. The summed E-state index contributed by atoms with van der Waals surface area (Å²) in [6.45, 7) is 1.43. The van der Waals surface area contributed by atoms with E-state index in [0.717, 1.165) is 0 Å². The van der Waals surface area contributed by atoms with Crippen LogP contribution in [0.5, 0.6) is 0 Å². The molecule has 0 unspecified atom stereocenters. The van der Waals surface area contributed by atoms with Crippen molar-refractivity contribution in [2.24, 2.45) is 0 Å². The van der Waals surface area contributed by atoms with Crippen LogP contribution in [0.25, 0.3) is 0 Å². The molecule has 0 spiro atoms. The van der Waals surface area contributed by atoms with Gasteiger partial charge in [0.2, 0.25) is 0 Å². The van der Waals surface area contributed by atoms with Gasteiger partial charge in [-0.05, 0) is 19.1 Å². The number of aliphatic hydroxyl groups is 1. The number of hydrogen-bond acceptors (Lipinski definition) is 2. The van der Waals surface area contributed by atoms with Gasteiger partial charge in [-0.1, -0.05) is 23.7 Å². The van der Waals surface area contributed by atoms with E-state index in [1.165, 1.54) is 13.0 Å². The lowest BCUT2D eigenvalue weighted by molar-refractivity contribution is 0.0779. The van der Waals surface area contributed by atoms with Gasteiger partial charge >= 0.3 is 0 Å². The van der Waals surface area contributed by atoms with Crippen LogP contribution in [-0.4, -0.2) is 17.0 Å². The highest BCUT2D eigenvalue weighted by molar-refractivity contribution is 6.31. The van der Waals surface area contributed by atoms with Crippen LogP contribution in [0.1, 0.15) is 17.3 Å². The Kier molecular flexibility index (Phi) is 2.84. The molecule has 0 aliphatic heterocycles. The first-order valence-corrected chi connectivity index (χ1v) is 3.97. The molecule has 64 valence electrons. The van der Waals surface area contributed by atoms with Crippen molar-refractivity contribution in [1.82, 2.24) is 0 Å². The zero-order valence-corrected chi connectivity index (χ0v) is 7.38. The van der Waals surface area contributed by atoms with Gasteiger partial charge in [-0.15, -0.1) is 0 Å². The monoisotopic (exact) mass is 184 g/mol. The lowest BCUT2D eigenvalue weighted by atomic mass is 10.1. The molecule has 0 aromatic heterocycles. The smallest absolute Gasteiger partial charge is 0.191 e. The number of rotatable bonds is 2. The molecule has 0 radical (unpaired) electrons. The summed E-state index contributed by atoms with van der Waals surface area (Å²) < 4.78 is 0. The summed E-state index contributed by atoms with van der Waals surface area (Å²) in [6, 6.07) is 6.52. The minimum atomic E-state index is -0.969. The van der Waals surface area contributed by atoms with Crippen molar-refractivity contribution in [3.63, 3.8) is 0 Å². The molecule has 0 aliphatic carbocycles. The molecule has 0 bridgehead atoms. The number of aliphatic hydroxyl groups excluding tert-OH is 1. The second-order valence-corrected chi connectivity index (χ2v) is 2.99. The minimum Gasteiger partial charge on any atom is -0.385 e. The van der Waals surface area contributed by atoms with Gasteiger partial charge in [0.1, 0.15) is 6.10 Å². The maximum atomic E-state index is 11.2. The van der Waals surface area contributed by atoms with Crippen molar-refractivity contribution >= 4 is 17.4 Å². The molecular weight excluding hydrogens is 176 g/mol. The molecule has 1 N–H and O–H groups in total. The van der Waals surface area contributed by atoms with E-state index in [1.54, 1.807) is 18.2 Å². The van der Waals surface area contributed by atoms with Crippen LogP contribution in [0, 0.1) is 0 Å². The van der Waals surface area contributed by atoms with Crippen molar-refractivity contribution in [3.8, 4) is 0 Å². The van der Waals surface area contributed by atoms with Crippen molar-refractivity contribution in [1.29, 1.82) is 0 Å². The van der Waals surface area contributed by atoms with Gasteiger partial charge < -0.3 is 5.11 Å². The van der Waals surface area contributed by atoms with E-state index in [9.17, 15) is 4.79 Å². The Hall–Kier alpha value is -0.860. The molecule has 0 saturated heterocycles. The first-order valence-electron chi connectivity index (χ1n) is 3.59. The van der Waals surface area contributed by atoms with Crippen LogP contribution in [0.3, 0.4) is 0 Å². The third kappa shape index (κ3) is 2.06. The normalized spacial score (nSPS) is 12.6. The molecule has 1 atom stereocenters. The van der Waals surface area contributed by atoms with Crippen molar-refractivity contribution in [3.05, 3.63) is 34.9 Å². The van der Waals surface area contributed by atoms with Gasteiger partial charge in [0, 0.05) is 10.6 Å². The van der Waals surface area contributed by atoms with Crippen molar-refractivity contribution < 1.29 is 9.90 Å². The zero-order chi connectivity index (χ0) is 9.14. The van der Waals surface area contributed by atoms with Crippen LogP contribution < -0.4 is 0 Å². The van der Waals surface area contributed by atoms with Gasteiger partial charge in [-0.3, -0.25) is 4.79 Å². The van der Waals surface area contributed by atoms with Crippen molar-refractivity contribution in [2.75, 3.05) is 0 Å². The predicted molar refractivity (Wildman–Crippen MR) is 47.5 cm³/mol. The third-order valence-electron chi connectivity index (χ3n) is 1.49. The van der Waals surface area contributed by atoms with Gasteiger partial charge in [0.15, 0.2) is 5.78 Å². The van der Waals surface area contributed by atoms with Gasteiger partial charge in [0.25, 0.3) is 0 Å². The minimum absolute atomic E-state index is 0.308. The molecule has 0 fully saturated rings. The number of halogens is 1. The quantitative estimate of drug-likeness (QED) is 0.713. The standard InChI is InChI=1S/C9H9ClO2/c1-6(11)9(12)7-3-2-4-8(10)5-7/h2-6,11H,1H3/t6-/m1/s1. The average molecular weight is 185 g/mol. The number of benzene rings is 1. The second-order valence-electron chi connectivity index (χ2n) is 2.55. The van der Waals surface area contributed by atoms with Crippen molar-refractivity contribution in [2.45, 2.75) is 13.0 Å². The molecule has 2 nitrogen and oxygen atoms in total. The van der Waals surface area contributed by atoms with E-state index in [-0.39, 0.29) is 5.78 Å². The summed E-state index contributed by atoms with van der Waals surface area (Å²) in [6.07, 6.45) is -0.969. The van der Waals surface area contributed by atoms with Gasteiger partial charge in [0.05, 0.1) is 0 Å². The highest BCUT2D eigenvalue weighted by Gasteiger charge is 2.11. The van der Waals surface area contributed by atoms with E-state index in [1.807, 2.05) is 0 Å². The lowest BCUT2D eigenvalue weighted by Crippen LogP contribution is -2.15. The van der Waals surface area contributed by atoms with Crippen LogP contribution >= 0.6 is 11.6 Å². The first kappa shape index (κ1) is 9.23. The molecular formula is C9H9ClO2. The topological polar surface area (TPSA) is 37.3 Å². The third-order valence-corrected chi connectivity index (χ3v) is 1.72. The Labute approximate surface area is 75.8 Å². The Bertz CT molecular complexity index is 294. The molecule has 1 rings (SSSR count). The second kappa shape index (κ2) is 3.70. The molecule has 12 heavy (non-hydrogen) atoms. The average Bonchev–Trinajstić information content (AvgIpc) is 2.03. The van der Waals surface area contributed by atoms with E-state index in [2.05, 4.69) is 0 Å². The van der Waals surface area contributed by atoms with E-state index in [0.29, 0.717) is 10.6 Å². The van der Waals surface area contributed by atoms with E-state index < -0.39 is 6.10 Å². The highest BCUT2D eigenvalue weighted by atomic mass is 35.5. The number of hydrogen-bond donors (Lipinski definition) is 1. The Morgan fingerprint density at radius 1 is 1.58 bits per heavy atom. The predicted octanol–water partition coefficient (Wildman–Crippen LogP) is 1.90. The molecule has 0 amide bonds. The summed E-state index contributed by atoms with van der Waals surface area (Å²) in [5.41, 5.74) is 0.442. The molecule has 1 aromatic carbocycles. The van der Waals surface area contributed by atoms with E-state index in [4.69, 9.17) is 16.7 Å². The van der Waals surface area contributed by atoms with Crippen LogP contribution in [0.4, 0.5) is 0 Å². The first-order chi connectivity index (χ1) is 5.61. The zero-order valence-electron chi connectivity index (χ0n) is 6.62.